The highest BCUT2D eigenvalue weighted by atomic mass is 79.9. The standard InChI is InChI=1S/C15H19BrO4/c1-2-3-4-5-6-7-14(17)20-13-9-8-11(16)10-12(13)15(18)19/h8-10H,2-7H2,1H3,(H,18,19). The number of ether oxygens (including phenoxy) is 1. The van der Waals surface area contributed by atoms with E-state index in [0.717, 1.165) is 25.7 Å². The minimum atomic E-state index is -1.11. The van der Waals surface area contributed by atoms with Crippen LogP contribution in [-0.2, 0) is 4.79 Å². The molecule has 0 aliphatic heterocycles. The summed E-state index contributed by atoms with van der Waals surface area (Å²) in [6.07, 6.45) is 5.53. The van der Waals surface area contributed by atoms with E-state index in [0.29, 0.717) is 10.9 Å². The summed E-state index contributed by atoms with van der Waals surface area (Å²) in [5, 5.41) is 9.06. The number of carbonyl (C=O) groups excluding carboxylic acids is 1. The number of halogens is 1. The summed E-state index contributed by atoms with van der Waals surface area (Å²) in [6.45, 7) is 2.13. The first-order valence-electron chi connectivity index (χ1n) is 6.78. The molecule has 0 saturated carbocycles. The van der Waals surface area contributed by atoms with E-state index in [4.69, 9.17) is 9.84 Å². The van der Waals surface area contributed by atoms with E-state index >= 15 is 0 Å². The van der Waals surface area contributed by atoms with E-state index in [1.807, 2.05) is 0 Å². The van der Waals surface area contributed by atoms with Crippen LogP contribution in [-0.4, -0.2) is 17.0 Å². The highest BCUT2D eigenvalue weighted by Gasteiger charge is 2.14. The summed E-state index contributed by atoms with van der Waals surface area (Å²) >= 11 is 3.19. The van der Waals surface area contributed by atoms with Crippen molar-refractivity contribution in [3.63, 3.8) is 0 Å². The van der Waals surface area contributed by atoms with Crippen molar-refractivity contribution in [2.24, 2.45) is 0 Å². The fraction of sp³-hybridized carbons (Fsp3) is 0.467. The van der Waals surface area contributed by atoms with E-state index in [1.165, 1.54) is 18.6 Å². The van der Waals surface area contributed by atoms with Gasteiger partial charge in [0.1, 0.15) is 11.3 Å². The summed E-state index contributed by atoms with van der Waals surface area (Å²) in [7, 11) is 0. The van der Waals surface area contributed by atoms with Crippen LogP contribution < -0.4 is 4.74 Å². The zero-order valence-electron chi connectivity index (χ0n) is 11.5. The first kappa shape index (κ1) is 16.7. The number of esters is 1. The maximum Gasteiger partial charge on any atom is 0.339 e. The molecule has 0 unspecified atom stereocenters. The highest BCUT2D eigenvalue weighted by molar-refractivity contribution is 9.10. The van der Waals surface area contributed by atoms with Gasteiger partial charge in [-0.1, -0.05) is 48.5 Å². The van der Waals surface area contributed by atoms with E-state index in [2.05, 4.69) is 22.9 Å². The molecule has 4 nitrogen and oxygen atoms in total. The smallest absolute Gasteiger partial charge is 0.339 e. The Balaban J connectivity index is 2.51. The molecule has 1 aromatic rings. The minimum Gasteiger partial charge on any atom is -0.478 e. The Morgan fingerprint density at radius 2 is 1.90 bits per heavy atom. The van der Waals surface area contributed by atoms with Crippen molar-refractivity contribution in [3.8, 4) is 5.75 Å². The molecular formula is C15H19BrO4. The molecule has 0 saturated heterocycles. The van der Waals surface area contributed by atoms with Gasteiger partial charge in [-0.05, 0) is 24.6 Å². The van der Waals surface area contributed by atoms with Gasteiger partial charge in [-0.2, -0.15) is 0 Å². The molecule has 0 aromatic heterocycles. The van der Waals surface area contributed by atoms with Crippen LogP contribution in [0.2, 0.25) is 0 Å². The van der Waals surface area contributed by atoms with Gasteiger partial charge >= 0.3 is 11.9 Å². The predicted octanol–water partition coefficient (Wildman–Crippen LogP) is 4.41. The van der Waals surface area contributed by atoms with Crippen LogP contribution in [0.5, 0.6) is 5.75 Å². The molecule has 20 heavy (non-hydrogen) atoms. The van der Waals surface area contributed by atoms with Gasteiger partial charge in [0, 0.05) is 10.9 Å². The normalized spacial score (nSPS) is 10.3. The zero-order chi connectivity index (χ0) is 15.0. The topological polar surface area (TPSA) is 63.6 Å². The van der Waals surface area contributed by atoms with Crippen LogP contribution in [0.3, 0.4) is 0 Å². The second-order valence-electron chi connectivity index (χ2n) is 4.58. The Morgan fingerprint density at radius 1 is 1.20 bits per heavy atom. The fourth-order valence-corrected chi connectivity index (χ4v) is 2.17. The molecule has 0 fully saturated rings. The number of carboxylic acids is 1. The number of carbonyl (C=O) groups is 2. The summed E-state index contributed by atoms with van der Waals surface area (Å²) in [5.41, 5.74) is -0.0151. The molecule has 1 N–H and O–H groups in total. The number of hydrogen-bond acceptors (Lipinski definition) is 3. The Morgan fingerprint density at radius 3 is 2.55 bits per heavy atom. The quantitative estimate of drug-likeness (QED) is 0.431. The summed E-state index contributed by atoms with van der Waals surface area (Å²) in [5.74, 6) is -1.40. The van der Waals surface area contributed by atoms with Gasteiger partial charge in [-0.3, -0.25) is 4.79 Å². The molecule has 5 heteroatoms. The Bertz CT molecular complexity index is 471. The van der Waals surface area contributed by atoms with Crippen molar-refractivity contribution in [3.05, 3.63) is 28.2 Å². The average molecular weight is 343 g/mol. The lowest BCUT2D eigenvalue weighted by atomic mass is 10.1. The molecule has 0 heterocycles. The van der Waals surface area contributed by atoms with E-state index in [-0.39, 0.29) is 17.3 Å². The molecule has 0 aliphatic carbocycles. The van der Waals surface area contributed by atoms with Crippen molar-refractivity contribution < 1.29 is 19.4 Å². The van der Waals surface area contributed by atoms with Crippen molar-refractivity contribution in [2.75, 3.05) is 0 Å². The second kappa shape index (κ2) is 8.74. The van der Waals surface area contributed by atoms with Crippen LogP contribution >= 0.6 is 15.9 Å². The van der Waals surface area contributed by atoms with Crippen LogP contribution in [0.4, 0.5) is 0 Å². The summed E-state index contributed by atoms with van der Waals surface area (Å²) in [4.78, 5) is 22.8. The molecular weight excluding hydrogens is 324 g/mol. The lowest BCUT2D eigenvalue weighted by Gasteiger charge is -2.07. The molecule has 0 aliphatic rings. The number of benzene rings is 1. The average Bonchev–Trinajstić information content (AvgIpc) is 2.40. The van der Waals surface area contributed by atoms with Gasteiger partial charge in [0.05, 0.1) is 0 Å². The first-order chi connectivity index (χ1) is 9.54. The van der Waals surface area contributed by atoms with Gasteiger partial charge in [0.25, 0.3) is 0 Å². The third-order valence-electron chi connectivity index (χ3n) is 2.88. The zero-order valence-corrected chi connectivity index (χ0v) is 13.1. The Labute approximate surface area is 127 Å². The molecule has 0 amide bonds. The van der Waals surface area contributed by atoms with Crippen molar-refractivity contribution >= 4 is 27.9 Å². The lowest BCUT2D eigenvalue weighted by Crippen LogP contribution is -2.11. The SMILES string of the molecule is CCCCCCCC(=O)Oc1ccc(Br)cc1C(=O)O. The minimum absolute atomic E-state index is 0.0151. The van der Waals surface area contributed by atoms with Gasteiger partial charge in [0.15, 0.2) is 0 Å². The monoisotopic (exact) mass is 342 g/mol. The van der Waals surface area contributed by atoms with Crippen LogP contribution in [0.15, 0.2) is 22.7 Å². The number of carboxylic acid groups (broad SMARTS) is 1. The van der Waals surface area contributed by atoms with Crippen molar-refractivity contribution in [1.82, 2.24) is 0 Å². The molecule has 110 valence electrons. The third kappa shape index (κ3) is 5.74. The van der Waals surface area contributed by atoms with E-state index in [9.17, 15) is 9.59 Å². The van der Waals surface area contributed by atoms with Crippen molar-refractivity contribution in [1.29, 1.82) is 0 Å². The number of rotatable bonds is 8. The van der Waals surface area contributed by atoms with Gasteiger partial charge < -0.3 is 9.84 Å². The second-order valence-corrected chi connectivity index (χ2v) is 5.50. The van der Waals surface area contributed by atoms with E-state index in [1.54, 1.807) is 6.07 Å². The number of hydrogen-bond donors (Lipinski definition) is 1. The van der Waals surface area contributed by atoms with Crippen LogP contribution in [0.25, 0.3) is 0 Å². The first-order valence-corrected chi connectivity index (χ1v) is 7.57. The Kier molecular flexibility index (Phi) is 7.30. The summed E-state index contributed by atoms with van der Waals surface area (Å²) < 4.78 is 5.76. The maximum absolute atomic E-state index is 11.7. The lowest BCUT2D eigenvalue weighted by molar-refractivity contribution is -0.134. The number of aromatic carboxylic acids is 1. The fourth-order valence-electron chi connectivity index (χ4n) is 1.80. The molecule has 0 atom stereocenters. The molecule has 1 rings (SSSR count). The van der Waals surface area contributed by atoms with Crippen LogP contribution in [0.1, 0.15) is 55.8 Å². The number of unbranched alkanes of at least 4 members (excludes halogenated alkanes) is 4. The van der Waals surface area contributed by atoms with Gasteiger partial charge in [-0.15, -0.1) is 0 Å². The largest absolute Gasteiger partial charge is 0.478 e. The van der Waals surface area contributed by atoms with Gasteiger partial charge in [-0.25, -0.2) is 4.79 Å². The molecule has 1 aromatic carbocycles. The van der Waals surface area contributed by atoms with Crippen molar-refractivity contribution in [2.45, 2.75) is 45.4 Å². The summed E-state index contributed by atoms with van der Waals surface area (Å²) in [6, 6.07) is 4.56. The predicted molar refractivity (Wildman–Crippen MR) is 80.1 cm³/mol. The van der Waals surface area contributed by atoms with E-state index < -0.39 is 5.97 Å². The molecule has 0 radical (unpaired) electrons. The Hall–Kier alpha value is -1.36. The molecule has 0 spiro atoms. The maximum atomic E-state index is 11.7. The van der Waals surface area contributed by atoms with Gasteiger partial charge in [0.2, 0.25) is 0 Å². The van der Waals surface area contributed by atoms with Crippen LogP contribution in [0, 0.1) is 0 Å². The highest BCUT2D eigenvalue weighted by Crippen LogP contribution is 2.24. The molecule has 0 bridgehead atoms. The third-order valence-corrected chi connectivity index (χ3v) is 3.37.